The van der Waals surface area contributed by atoms with Crippen LogP contribution in [0.15, 0.2) is 0 Å². The number of aliphatic hydroxyl groups excluding tert-OH is 1. The molecule has 0 aliphatic rings. The Morgan fingerprint density at radius 2 is 1.82 bits per heavy atom. The number of rotatable bonds is 4. The zero-order chi connectivity index (χ0) is 8.91. The molecular formula is C6H9F3O2. The minimum absolute atomic E-state index is 0.0921. The molecule has 0 atom stereocenters. The normalized spacial score (nSPS) is 11.6. The lowest BCUT2D eigenvalue weighted by molar-refractivity contribution is -0.171. The van der Waals surface area contributed by atoms with Crippen molar-refractivity contribution >= 4 is 5.78 Å². The summed E-state index contributed by atoms with van der Waals surface area (Å²) in [6.45, 7) is -0.175. The number of halogens is 3. The fourth-order valence-electron chi connectivity index (χ4n) is 0.539. The highest BCUT2D eigenvalue weighted by atomic mass is 19.4. The summed E-state index contributed by atoms with van der Waals surface area (Å²) in [7, 11) is 0. The van der Waals surface area contributed by atoms with Gasteiger partial charge >= 0.3 is 6.18 Å². The number of unbranched alkanes of at least 4 members (excludes halogenated alkanes) is 1. The largest absolute Gasteiger partial charge is 0.449 e. The number of Topliss-reactive ketones (excluding diaryl/α,β-unsaturated/α-hetero) is 1. The highest BCUT2D eigenvalue weighted by Crippen LogP contribution is 2.18. The second-order valence-corrected chi connectivity index (χ2v) is 2.10. The molecule has 66 valence electrons. The third-order valence-corrected chi connectivity index (χ3v) is 1.13. The predicted molar refractivity (Wildman–Crippen MR) is 32.0 cm³/mol. The highest BCUT2D eigenvalue weighted by Gasteiger charge is 2.36. The van der Waals surface area contributed by atoms with E-state index in [4.69, 9.17) is 5.11 Å². The van der Waals surface area contributed by atoms with Crippen LogP contribution >= 0.6 is 0 Å². The molecule has 0 saturated carbocycles. The van der Waals surface area contributed by atoms with Crippen molar-refractivity contribution in [2.24, 2.45) is 0 Å². The van der Waals surface area contributed by atoms with E-state index in [1.807, 2.05) is 0 Å². The predicted octanol–water partition coefficient (Wildman–Crippen LogP) is 1.28. The molecule has 0 radical (unpaired) electrons. The van der Waals surface area contributed by atoms with Crippen molar-refractivity contribution in [1.82, 2.24) is 0 Å². The van der Waals surface area contributed by atoms with Crippen molar-refractivity contribution in [3.05, 3.63) is 0 Å². The van der Waals surface area contributed by atoms with Crippen LogP contribution in [0.1, 0.15) is 19.3 Å². The van der Waals surface area contributed by atoms with Gasteiger partial charge in [-0.2, -0.15) is 13.2 Å². The second kappa shape index (κ2) is 4.33. The molecule has 0 aromatic carbocycles. The van der Waals surface area contributed by atoms with Gasteiger partial charge in [0.2, 0.25) is 5.78 Å². The molecule has 0 aliphatic carbocycles. The molecule has 0 aromatic rings. The summed E-state index contributed by atoms with van der Waals surface area (Å²) in [5.74, 6) is -1.72. The molecule has 0 amide bonds. The van der Waals surface area contributed by atoms with Gasteiger partial charge in [0.25, 0.3) is 0 Å². The van der Waals surface area contributed by atoms with E-state index in [9.17, 15) is 18.0 Å². The molecule has 2 nitrogen and oxygen atoms in total. The minimum atomic E-state index is -4.71. The monoisotopic (exact) mass is 170 g/mol. The van der Waals surface area contributed by atoms with Crippen molar-refractivity contribution in [3.63, 3.8) is 0 Å². The maximum Gasteiger partial charge on any atom is 0.449 e. The number of aliphatic hydroxyl groups is 1. The topological polar surface area (TPSA) is 37.3 Å². The quantitative estimate of drug-likeness (QED) is 0.645. The molecule has 0 heterocycles. The molecule has 11 heavy (non-hydrogen) atoms. The maximum absolute atomic E-state index is 11.5. The first kappa shape index (κ1) is 10.4. The number of alkyl halides is 3. The zero-order valence-electron chi connectivity index (χ0n) is 5.82. The molecule has 0 spiro atoms. The van der Waals surface area contributed by atoms with Gasteiger partial charge in [0.15, 0.2) is 0 Å². The lowest BCUT2D eigenvalue weighted by atomic mass is 10.2. The molecule has 5 heteroatoms. The number of ketones is 1. The fraction of sp³-hybridized carbons (Fsp3) is 0.833. The van der Waals surface area contributed by atoms with Crippen LogP contribution in [-0.2, 0) is 4.79 Å². The van der Waals surface area contributed by atoms with Gasteiger partial charge in [-0.15, -0.1) is 0 Å². The lowest BCUT2D eigenvalue weighted by Crippen LogP contribution is -2.22. The van der Waals surface area contributed by atoms with E-state index >= 15 is 0 Å². The van der Waals surface area contributed by atoms with Crippen molar-refractivity contribution in [2.75, 3.05) is 6.61 Å². The Morgan fingerprint density at radius 3 is 2.18 bits per heavy atom. The van der Waals surface area contributed by atoms with E-state index in [1.165, 1.54) is 0 Å². The summed E-state index contributed by atoms with van der Waals surface area (Å²) in [5.41, 5.74) is 0. The van der Waals surface area contributed by atoms with Crippen molar-refractivity contribution in [3.8, 4) is 0 Å². The van der Waals surface area contributed by atoms with E-state index in [2.05, 4.69) is 0 Å². The van der Waals surface area contributed by atoms with Gasteiger partial charge < -0.3 is 5.11 Å². The summed E-state index contributed by atoms with van der Waals surface area (Å²) in [5, 5.41) is 8.19. The zero-order valence-corrected chi connectivity index (χ0v) is 5.82. The Kier molecular flexibility index (Phi) is 4.10. The Labute approximate surface area is 62.0 Å². The average Bonchev–Trinajstić information content (AvgIpc) is 1.86. The van der Waals surface area contributed by atoms with Gasteiger partial charge in [0.1, 0.15) is 0 Å². The van der Waals surface area contributed by atoms with E-state index in [0.29, 0.717) is 0 Å². The number of carbonyl (C=O) groups is 1. The third-order valence-electron chi connectivity index (χ3n) is 1.13. The molecular weight excluding hydrogens is 161 g/mol. The van der Waals surface area contributed by atoms with Gasteiger partial charge in [-0.25, -0.2) is 0 Å². The van der Waals surface area contributed by atoms with Crippen molar-refractivity contribution in [1.29, 1.82) is 0 Å². The lowest BCUT2D eigenvalue weighted by Gasteiger charge is -2.02. The number of carbonyl (C=O) groups excluding carboxylic acids is 1. The standard InChI is InChI=1S/C6H9F3O2/c7-6(8,9)5(11)3-1-2-4-10/h10H,1-4H2. The smallest absolute Gasteiger partial charge is 0.396 e. The summed E-state index contributed by atoms with van der Waals surface area (Å²) in [6, 6.07) is 0. The first-order chi connectivity index (χ1) is 4.98. The average molecular weight is 170 g/mol. The first-order valence-corrected chi connectivity index (χ1v) is 3.19. The Bertz CT molecular complexity index is 130. The molecule has 0 saturated heterocycles. The van der Waals surface area contributed by atoms with Gasteiger partial charge in [-0.1, -0.05) is 0 Å². The van der Waals surface area contributed by atoms with Crippen LogP contribution in [0.3, 0.4) is 0 Å². The van der Waals surface area contributed by atoms with Gasteiger partial charge in [0.05, 0.1) is 0 Å². The summed E-state index contributed by atoms with van der Waals surface area (Å²) >= 11 is 0. The Hall–Kier alpha value is -0.580. The fourth-order valence-corrected chi connectivity index (χ4v) is 0.539. The van der Waals surface area contributed by atoms with Gasteiger partial charge in [-0.3, -0.25) is 4.79 Å². The summed E-state index contributed by atoms with van der Waals surface area (Å²) in [6.07, 6.45) is -4.91. The van der Waals surface area contributed by atoms with Gasteiger partial charge in [-0.05, 0) is 12.8 Å². The molecule has 0 rings (SSSR count). The van der Waals surface area contributed by atoms with Gasteiger partial charge in [0, 0.05) is 13.0 Å². The van der Waals surface area contributed by atoms with Crippen LogP contribution in [0.25, 0.3) is 0 Å². The second-order valence-electron chi connectivity index (χ2n) is 2.10. The van der Waals surface area contributed by atoms with Crippen molar-refractivity contribution < 1.29 is 23.1 Å². The Balaban J connectivity index is 3.54. The molecule has 0 aliphatic heterocycles. The first-order valence-electron chi connectivity index (χ1n) is 3.19. The van der Waals surface area contributed by atoms with Crippen LogP contribution in [0, 0.1) is 0 Å². The van der Waals surface area contributed by atoms with Crippen LogP contribution in [-0.4, -0.2) is 23.7 Å². The molecule has 1 N–H and O–H groups in total. The van der Waals surface area contributed by atoms with E-state index in [1.54, 1.807) is 0 Å². The Morgan fingerprint density at radius 1 is 1.27 bits per heavy atom. The molecule has 0 bridgehead atoms. The highest BCUT2D eigenvalue weighted by molar-refractivity contribution is 5.83. The third kappa shape index (κ3) is 4.78. The summed E-state index contributed by atoms with van der Waals surface area (Å²) in [4.78, 5) is 10.1. The molecule has 0 aromatic heterocycles. The van der Waals surface area contributed by atoms with E-state index < -0.39 is 18.4 Å². The van der Waals surface area contributed by atoms with Crippen LogP contribution in [0.2, 0.25) is 0 Å². The van der Waals surface area contributed by atoms with Crippen molar-refractivity contribution in [2.45, 2.75) is 25.4 Å². The minimum Gasteiger partial charge on any atom is -0.396 e. The number of hydrogen-bond donors (Lipinski definition) is 1. The van der Waals surface area contributed by atoms with Crippen LogP contribution in [0.4, 0.5) is 13.2 Å². The van der Waals surface area contributed by atoms with E-state index in [-0.39, 0.29) is 19.4 Å². The number of hydrogen-bond acceptors (Lipinski definition) is 2. The molecule has 0 fully saturated rings. The maximum atomic E-state index is 11.5. The van der Waals surface area contributed by atoms with Crippen LogP contribution < -0.4 is 0 Å². The SMILES string of the molecule is O=C(CCCCO)C(F)(F)F. The summed E-state index contributed by atoms with van der Waals surface area (Å²) < 4.78 is 34.4. The van der Waals surface area contributed by atoms with Crippen LogP contribution in [0.5, 0.6) is 0 Å². The molecule has 0 unspecified atom stereocenters. The van der Waals surface area contributed by atoms with E-state index in [0.717, 1.165) is 0 Å².